The molecule has 1 aromatic heterocycles. The first kappa shape index (κ1) is 32.5. The topological polar surface area (TPSA) is 141 Å². The van der Waals surface area contributed by atoms with Gasteiger partial charge in [-0.1, -0.05) is 18.2 Å². The number of aliphatic hydroxyl groups is 2. The number of aromatic nitrogens is 2. The number of fused-ring (bicyclic) bond motifs is 3. The highest BCUT2D eigenvalue weighted by atomic mass is 16.9. The summed E-state index contributed by atoms with van der Waals surface area (Å²) in [6.07, 6.45) is -4.66. The summed E-state index contributed by atoms with van der Waals surface area (Å²) in [5.74, 6) is -1.73. The number of ether oxygens (including phenoxy) is 8. The van der Waals surface area contributed by atoms with Gasteiger partial charge in [0.25, 0.3) is 0 Å². The summed E-state index contributed by atoms with van der Waals surface area (Å²) in [4.78, 5) is 14.0. The number of rotatable bonds is 12. The Hall–Kier alpha value is -2.43. The highest BCUT2D eigenvalue weighted by molar-refractivity contribution is 5.77. The fourth-order valence-electron chi connectivity index (χ4n) is 6.73. The third-order valence-electron chi connectivity index (χ3n) is 8.54. The van der Waals surface area contributed by atoms with Gasteiger partial charge in [0.1, 0.15) is 48.8 Å². The molecule has 2 aromatic rings. The van der Waals surface area contributed by atoms with E-state index in [-0.39, 0.29) is 26.3 Å². The molecule has 4 aliphatic heterocycles. The Bertz CT molecular complexity index is 1470. The van der Waals surface area contributed by atoms with Crippen molar-refractivity contribution in [1.29, 1.82) is 0 Å². The molecule has 4 fully saturated rings. The van der Waals surface area contributed by atoms with Crippen molar-refractivity contribution >= 4 is 11.0 Å². The smallest absolute Gasteiger partial charge is 0.329 e. The van der Waals surface area contributed by atoms with Crippen LogP contribution in [0, 0.1) is 6.92 Å². The highest BCUT2D eigenvalue weighted by Crippen LogP contribution is 2.41. The first-order chi connectivity index (χ1) is 21.3. The van der Waals surface area contributed by atoms with E-state index in [2.05, 4.69) is 13.2 Å². The van der Waals surface area contributed by atoms with Crippen LogP contribution in [-0.4, -0.2) is 106 Å². The lowest BCUT2D eigenvalue weighted by molar-refractivity contribution is -0.229. The van der Waals surface area contributed by atoms with Gasteiger partial charge in [-0.25, -0.2) is 4.79 Å². The van der Waals surface area contributed by atoms with Crippen LogP contribution in [-0.2, 0) is 51.0 Å². The number of imidazole rings is 1. The summed E-state index contributed by atoms with van der Waals surface area (Å²) in [5, 5.41) is 23.0. The van der Waals surface area contributed by atoms with Crippen LogP contribution in [0.4, 0.5) is 0 Å². The molecule has 0 unspecified atom stereocenters. The summed E-state index contributed by atoms with van der Waals surface area (Å²) in [6, 6.07) is 5.58. The van der Waals surface area contributed by atoms with Crippen molar-refractivity contribution in [3.05, 3.63) is 59.6 Å². The van der Waals surface area contributed by atoms with Gasteiger partial charge in [-0.15, -0.1) is 13.2 Å². The molecule has 248 valence electrons. The monoisotopic (exact) mass is 632 g/mol. The van der Waals surface area contributed by atoms with Crippen LogP contribution in [0.2, 0.25) is 0 Å². The van der Waals surface area contributed by atoms with Crippen LogP contribution >= 0.6 is 0 Å². The summed E-state index contributed by atoms with van der Waals surface area (Å²) in [5.41, 5.74) is 1.69. The molecular weight excluding hydrogens is 588 g/mol. The van der Waals surface area contributed by atoms with Gasteiger partial charge in [-0.05, 0) is 52.3 Å². The normalized spacial score (nSPS) is 34.6. The van der Waals surface area contributed by atoms with Gasteiger partial charge in [0, 0.05) is 0 Å². The molecule has 13 heteroatoms. The molecule has 0 bridgehead atoms. The Labute approximate surface area is 261 Å². The minimum atomic E-state index is -1.16. The van der Waals surface area contributed by atoms with Gasteiger partial charge in [0.15, 0.2) is 24.2 Å². The van der Waals surface area contributed by atoms with Crippen LogP contribution in [0.5, 0.6) is 0 Å². The van der Waals surface area contributed by atoms with Crippen LogP contribution in [0.3, 0.4) is 0 Å². The average Bonchev–Trinajstić information content (AvgIpc) is 3.70. The van der Waals surface area contributed by atoms with E-state index in [9.17, 15) is 15.0 Å². The van der Waals surface area contributed by atoms with Crippen LogP contribution in [0.15, 0.2) is 48.3 Å². The molecule has 0 aliphatic carbocycles. The van der Waals surface area contributed by atoms with Gasteiger partial charge < -0.3 is 48.1 Å². The second-order valence-corrected chi connectivity index (χ2v) is 12.9. The zero-order valence-electron chi connectivity index (χ0n) is 26.4. The molecule has 0 radical (unpaired) electrons. The van der Waals surface area contributed by atoms with Gasteiger partial charge >= 0.3 is 5.69 Å². The molecule has 4 aliphatic rings. The second-order valence-electron chi connectivity index (χ2n) is 12.9. The van der Waals surface area contributed by atoms with Crippen LogP contribution < -0.4 is 5.69 Å². The first-order valence-corrected chi connectivity index (χ1v) is 15.4. The summed E-state index contributed by atoms with van der Waals surface area (Å²) in [6.45, 7) is 16.7. The number of hydrogen-bond acceptors (Lipinski definition) is 11. The zero-order valence-corrected chi connectivity index (χ0v) is 26.4. The minimum Gasteiger partial charge on any atom is -0.388 e. The molecule has 10 atom stereocenters. The lowest BCUT2D eigenvalue weighted by Gasteiger charge is -2.28. The summed E-state index contributed by atoms with van der Waals surface area (Å²) in [7, 11) is 0. The van der Waals surface area contributed by atoms with E-state index < -0.39 is 78.7 Å². The van der Waals surface area contributed by atoms with Crippen LogP contribution in [0.25, 0.3) is 11.0 Å². The number of aliphatic hydroxyl groups excluding tert-OH is 2. The Morgan fingerprint density at radius 3 is 1.76 bits per heavy atom. The Balaban J connectivity index is 1.25. The van der Waals surface area contributed by atoms with Crippen molar-refractivity contribution in [3.63, 3.8) is 0 Å². The molecule has 0 saturated carbocycles. The van der Waals surface area contributed by atoms with Crippen molar-refractivity contribution < 1.29 is 48.1 Å². The van der Waals surface area contributed by atoms with Gasteiger partial charge in [-0.2, -0.15) is 0 Å². The predicted molar refractivity (Wildman–Crippen MR) is 160 cm³/mol. The van der Waals surface area contributed by atoms with Crippen molar-refractivity contribution in [3.8, 4) is 0 Å². The van der Waals surface area contributed by atoms with Crippen molar-refractivity contribution in [2.24, 2.45) is 0 Å². The Morgan fingerprint density at radius 1 is 0.822 bits per heavy atom. The molecule has 0 amide bonds. The molecule has 1 aromatic carbocycles. The Morgan fingerprint density at radius 2 is 1.29 bits per heavy atom. The fourth-order valence-corrected chi connectivity index (χ4v) is 6.73. The average molecular weight is 633 g/mol. The maximum absolute atomic E-state index is 14.0. The standard InChI is InChI=1S/C32H44N2O11/c1-8-12-38-24-22(40-28-26(24)42-31(4,5)44-28)20(35)15-33-18-11-10-17(3)14-19(18)34(30(33)37)16-21(36)23-25(39-13-9-2)27-29(41-23)45-32(6,7)43-27/h8-11,14,20-29,35-36H,1-2,12-13,15-16H2,3-7H3/t20-,21+,22+,23+,24-,25-,26+,27-,28+,29-/m1/s1. The van der Waals surface area contributed by atoms with Crippen LogP contribution in [0.1, 0.15) is 33.3 Å². The van der Waals surface area contributed by atoms with E-state index in [1.165, 1.54) is 9.13 Å². The largest absolute Gasteiger partial charge is 0.388 e. The summed E-state index contributed by atoms with van der Waals surface area (Å²) >= 11 is 0. The molecule has 13 nitrogen and oxygen atoms in total. The van der Waals surface area contributed by atoms with E-state index >= 15 is 0 Å². The minimum absolute atomic E-state index is 0.102. The second kappa shape index (κ2) is 12.3. The van der Waals surface area contributed by atoms with Gasteiger partial charge in [0.2, 0.25) is 0 Å². The predicted octanol–water partition coefficient (Wildman–Crippen LogP) is 1.73. The maximum atomic E-state index is 14.0. The van der Waals surface area contributed by atoms with E-state index in [1.54, 1.807) is 39.8 Å². The number of nitrogens with zero attached hydrogens (tertiary/aromatic N) is 2. The van der Waals surface area contributed by atoms with E-state index in [0.29, 0.717) is 11.0 Å². The van der Waals surface area contributed by atoms with Crippen molar-refractivity contribution in [2.45, 2.75) is 121 Å². The van der Waals surface area contributed by atoms with Crippen molar-refractivity contribution in [1.82, 2.24) is 9.13 Å². The summed E-state index contributed by atoms with van der Waals surface area (Å²) < 4.78 is 50.9. The molecule has 4 saturated heterocycles. The Kier molecular flexibility index (Phi) is 8.89. The molecule has 2 N–H and O–H groups in total. The highest BCUT2D eigenvalue weighted by Gasteiger charge is 2.58. The first-order valence-electron chi connectivity index (χ1n) is 15.4. The molecule has 45 heavy (non-hydrogen) atoms. The van der Waals surface area contributed by atoms with E-state index in [4.69, 9.17) is 37.9 Å². The lowest BCUT2D eigenvalue weighted by Crippen LogP contribution is -2.46. The molecule has 5 heterocycles. The van der Waals surface area contributed by atoms with E-state index in [1.807, 2.05) is 25.1 Å². The molecular formula is C32H44N2O11. The molecule has 0 spiro atoms. The number of benzene rings is 1. The van der Waals surface area contributed by atoms with E-state index in [0.717, 1.165) is 5.56 Å². The van der Waals surface area contributed by atoms with Gasteiger partial charge in [0.05, 0.1) is 37.3 Å². The number of hydrogen-bond donors (Lipinski definition) is 2. The SMILES string of the molecule is C=CCO[C@@H]1[C@H]([C@@H](O)Cn2c(=O)n(C[C@@H](O)[C@@H]3O[C@H]4OC(C)(C)O[C@H]4[C@@H]3OCC=C)c3ccc(C)cc32)O[C@@H]2OC(C)(C)O[C@@H]21. The molecule has 6 rings (SSSR count). The zero-order chi connectivity index (χ0) is 32.3. The van der Waals surface area contributed by atoms with Gasteiger partial charge in [-0.3, -0.25) is 9.13 Å². The third-order valence-corrected chi connectivity index (χ3v) is 8.54. The number of aryl methyl sites for hydroxylation is 1. The quantitative estimate of drug-likeness (QED) is 0.331. The van der Waals surface area contributed by atoms with Crippen molar-refractivity contribution in [2.75, 3.05) is 13.2 Å². The lowest BCUT2D eigenvalue weighted by atomic mass is 10.1. The third kappa shape index (κ3) is 6.19. The fraction of sp³-hybridized carbons (Fsp3) is 0.656. The maximum Gasteiger partial charge on any atom is 0.329 e.